The molecule has 0 atom stereocenters. The van der Waals surface area contributed by atoms with Crippen LogP contribution in [0.1, 0.15) is 17.3 Å². The summed E-state index contributed by atoms with van der Waals surface area (Å²) in [6, 6.07) is 4.88. The molecule has 0 aliphatic carbocycles. The molecule has 1 aromatic rings. The van der Waals surface area contributed by atoms with Crippen LogP contribution in [0.5, 0.6) is 0 Å². The number of carbonyl (C=O) groups is 1. The molecule has 0 aromatic heterocycles. The molecule has 4 N–H and O–H groups in total. The van der Waals surface area contributed by atoms with Gasteiger partial charge in [-0.1, -0.05) is 0 Å². The fourth-order valence-corrected chi connectivity index (χ4v) is 1.56. The minimum absolute atomic E-state index is 0.155. The van der Waals surface area contributed by atoms with Gasteiger partial charge in [0.1, 0.15) is 6.61 Å². The topological polar surface area (TPSA) is 76.4 Å². The highest BCUT2D eigenvalue weighted by molar-refractivity contribution is 5.96. The summed E-state index contributed by atoms with van der Waals surface area (Å²) in [5, 5.41) is 5.63. The molecule has 0 unspecified atom stereocenters. The van der Waals surface area contributed by atoms with E-state index in [-0.39, 0.29) is 12.5 Å². The van der Waals surface area contributed by atoms with Gasteiger partial charge < -0.3 is 21.1 Å². The van der Waals surface area contributed by atoms with E-state index in [0.29, 0.717) is 30.0 Å². The van der Waals surface area contributed by atoms with Crippen molar-refractivity contribution < 1.29 is 18.3 Å². The van der Waals surface area contributed by atoms with E-state index < -0.39 is 13.0 Å². The number of rotatable bonds is 8. The van der Waals surface area contributed by atoms with Crippen LogP contribution >= 0.6 is 0 Å². The van der Waals surface area contributed by atoms with E-state index in [2.05, 4.69) is 10.6 Å². The van der Waals surface area contributed by atoms with Crippen molar-refractivity contribution in [1.82, 2.24) is 5.32 Å². The average Bonchev–Trinajstić information content (AvgIpc) is 2.39. The summed E-state index contributed by atoms with van der Waals surface area (Å²) in [5.41, 5.74) is 7.35. The second kappa shape index (κ2) is 8.31. The molecule has 5 nitrogen and oxygen atoms in total. The normalized spacial score (nSPS) is 10.6. The van der Waals surface area contributed by atoms with E-state index in [1.54, 1.807) is 18.2 Å². The van der Waals surface area contributed by atoms with Crippen LogP contribution in [-0.4, -0.2) is 38.6 Å². The third kappa shape index (κ3) is 5.40. The molecule has 0 aliphatic heterocycles. The first-order chi connectivity index (χ1) is 9.54. The number of alkyl halides is 2. The average molecular weight is 287 g/mol. The summed E-state index contributed by atoms with van der Waals surface area (Å²) in [4.78, 5) is 11.6. The van der Waals surface area contributed by atoms with Crippen molar-refractivity contribution >= 4 is 17.3 Å². The molecule has 1 rings (SSSR count). The molecule has 0 saturated heterocycles. The quantitative estimate of drug-likeness (QED) is 0.502. The Hall–Kier alpha value is -1.89. The molecule has 0 spiro atoms. The first-order valence-electron chi connectivity index (χ1n) is 6.32. The Morgan fingerprint density at radius 1 is 1.45 bits per heavy atom. The summed E-state index contributed by atoms with van der Waals surface area (Å²) in [5.74, 6) is -0.189. The molecule has 1 aromatic carbocycles. The van der Waals surface area contributed by atoms with Gasteiger partial charge in [-0.05, 0) is 25.1 Å². The number of ether oxygens (including phenoxy) is 1. The van der Waals surface area contributed by atoms with E-state index in [1.807, 2.05) is 6.92 Å². The fourth-order valence-electron chi connectivity index (χ4n) is 1.56. The number of amides is 1. The lowest BCUT2D eigenvalue weighted by atomic mass is 10.1. The van der Waals surface area contributed by atoms with Gasteiger partial charge in [-0.25, -0.2) is 8.78 Å². The van der Waals surface area contributed by atoms with Crippen molar-refractivity contribution in [3.8, 4) is 0 Å². The zero-order valence-corrected chi connectivity index (χ0v) is 11.3. The van der Waals surface area contributed by atoms with Crippen LogP contribution in [0.3, 0.4) is 0 Å². The Labute approximate surface area is 116 Å². The number of hydrogen-bond acceptors (Lipinski definition) is 4. The third-order valence-corrected chi connectivity index (χ3v) is 2.46. The number of hydrogen-bond donors (Lipinski definition) is 3. The maximum Gasteiger partial charge on any atom is 0.261 e. The van der Waals surface area contributed by atoms with Crippen molar-refractivity contribution in [3.63, 3.8) is 0 Å². The Morgan fingerprint density at radius 2 is 2.20 bits per heavy atom. The predicted octanol–water partition coefficient (Wildman–Crippen LogP) is 1.71. The van der Waals surface area contributed by atoms with Crippen LogP contribution in [0.2, 0.25) is 0 Å². The monoisotopic (exact) mass is 287 g/mol. The van der Waals surface area contributed by atoms with Crippen LogP contribution in [0, 0.1) is 0 Å². The number of nitrogen functional groups attached to an aromatic ring is 1. The van der Waals surface area contributed by atoms with Crippen molar-refractivity contribution in [2.45, 2.75) is 13.3 Å². The second-order valence-corrected chi connectivity index (χ2v) is 4.05. The molecule has 112 valence electrons. The third-order valence-electron chi connectivity index (χ3n) is 2.46. The lowest BCUT2D eigenvalue weighted by Crippen LogP contribution is -2.22. The Balaban J connectivity index is 2.45. The highest BCUT2D eigenvalue weighted by Gasteiger charge is 2.07. The van der Waals surface area contributed by atoms with Crippen molar-refractivity contribution in [1.29, 1.82) is 0 Å². The summed E-state index contributed by atoms with van der Waals surface area (Å²) >= 11 is 0. The summed E-state index contributed by atoms with van der Waals surface area (Å²) < 4.78 is 28.4. The van der Waals surface area contributed by atoms with Crippen LogP contribution in [0.15, 0.2) is 18.2 Å². The number of benzene rings is 1. The standard InChI is InChI=1S/C13H19F2N3O2/c1-2-17-13(19)9-3-4-11(10(16)7-9)18-5-6-20-8-12(14)15/h3-4,7,12,18H,2,5-6,8,16H2,1H3,(H,17,19). The van der Waals surface area contributed by atoms with Crippen molar-refractivity contribution in [2.75, 3.05) is 37.4 Å². The zero-order chi connectivity index (χ0) is 15.0. The molecule has 0 saturated carbocycles. The van der Waals surface area contributed by atoms with Gasteiger partial charge in [0.2, 0.25) is 0 Å². The van der Waals surface area contributed by atoms with E-state index in [9.17, 15) is 13.6 Å². The van der Waals surface area contributed by atoms with Crippen LogP contribution in [0.4, 0.5) is 20.2 Å². The van der Waals surface area contributed by atoms with Crippen LogP contribution < -0.4 is 16.4 Å². The maximum absolute atomic E-state index is 11.8. The molecule has 0 bridgehead atoms. The predicted molar refractivity (Wildman–Crippen MR) is 74.2 cm³/mol. The smallest absolute Gasteiger partial charge is 0.261 e. The van der Waals surface area contributed by atoms with Crippen LogP contribution in [-0.2, 0) is 4.74 Å². The van der Waals surface area contributed by atoms with Crippen LogP contribution in [0.25, 0.3) is 0 Å². The SMILES string of the molecule is CCNC(=O)c1ccc(NCCOCC(F)F)c(N)c1. The zero-order valence-electron chi connectivity index (χ0n) is 11.3. The van der Waals surface area contributed by atoms with E-state index >= 15 is 0 Å². The van der Waals surface area contributed by atoms with Crippen molar-refractivity contribution in [2.24, 2.45) is 0 Å². The Kier molecular flexibility index (Phi) is 6.72. The van der Waals surface area contributed by atoms with E-state index in [4.69, 9.17) is 10.5 Å². The van der Waals surface area contributed by atoms with Gasteiger partial charge in [0.05, 0.1) is 18.0 Å². The van der Waals surface area contributed by atoms with E-state index in [0.717, 1.165) is 0 Å². The summed E-state index contributed by atoms with van der Waals surface area (Å²) in [6.45, 7) is 2.31. The first kappa shape index (κ1) is 16.2. The molecule has 0 fully saturated rings. The Morgan fingerprint density at radius 3 is 2.80 bits per heavy atom. The molecular formula is C13H19F2N3O2. The minimum Gasteiger partial charge on any atom is -0.397 e. The fraction of sp³-hybridized carbons (Fsp3) is 0.462. The Bertz CT molecular complexity index is 442. The summed E-state index contributed by atoms with van der Waals surface area (Å²) in [6.07, 6.45) is -2.46. The highest BCUT2D eigenvalue weighted by Crippen LogP contribution is 2.19. The van der Waals surface area contributed by atoms with Gasteiger partial charge in [-0.2, -0.15) is 0 Å². The highest BCUT2D eigenvalue weighted by atomic mass is 19.3. The molecule has 0 radical (unpaired) electrons. The molecule has 7 heteroatoms. The number of nitrogens with two attached hydrogens (primary N) is 1. The summed E-state index contributed by atoms with van der Waals surface area (Å²) in [7, 11) is 0. The number of nitrogens with one attached hydrogen (secondary N) is 2. The second-order valence-electron chi connectivity index (χ2n) is 4.05. The minimum atomic E-state index is -2.46. The number of carbonyl (C=O) groups excluding carboxylic acids is 1. The maximum atomic E-state index is 11.8. The van der Waals surface area contributed by atoms with Crippen molar-refractivity contribution in [3.05, 3.63) is 23.8 Å². The lowest BCUT2D eigenvalue weighted by Gasteiger charge is -2.11. The molecular weight excluding hydrogens is 268 g/mol. The number of anilines is 2. The molecule has 0 heterocycles. The van der Waals surface area contributed by atoms with Gasteiger partial charge in [0.25, 0.3) is 12.3 Å². The lowest BCUT2D eigenvalue weighted by molar-refractivity contribution is 0.0215. The van der Waals surface area contributed by atoms with Gasteiger partial charge in [0, 0.05) is 18.7 Å². The molecule has 0 aliphatic rings. The molecule has 20 heavy (non-hydrogen) atoms. The van der Waals surface area contributed by atoms with E-state index in [1.165, 1.54) is 0 Å². The first-order valence-corrected chi connectivity index (χ1v) is 6.32. The van der Waals surface area contributed by atoms with Gasteiger partial charge in [0.15, 0.2) is 0 Å². The van der Waals surface area contributed by atoms with Gasteiger partial charge in [-0.15, -0.1) is 0 Å². The van der Waals surface area contributed by atoms with Gasteiger partial charge >= 0.3 is 0 Å². The largest absolute Gasteiger partial charge is 0.397 e. The van der Waals surface area contributed by atoms with Gasteiger partial charge in [-0.3, -0.25) is 4.79 Å². The number of halogens is 2. The molecule has 1 amide bonds.